The highest BCUT2D eigenvalue weighted by Gasteiger charge is 2.30. The van der Waals surface area contributed by atoms with Crippen molar-refractivity contribution in [3.63, 3.8) is 0 Å². The van der Waals surface area contributed by atoms with Gasteiger partial charge in [-0.15, -0.1) is 20.6 Å². The lowest BCUT2D eigenvalue weighted by Gasteiger charge is -2.06. The van der Waals surface area contributed by atoms with Gasteiger partial charge in [0.15, 0.2) is 0 Å². The van der Waals surface area contributed by atoms with Gasteiger partial charge in [0.05, 0.1) is 22.3 Å². The number of benzene rings is 1. The molecule has 0 aliphatic rings. The molecule has 0 N–H and O–H groups in total. The molecule has 0 spiro atoms. The molecule has 2 aromatic rings. The van der Waals surface area contributed by atoms with E-state index in [4.69, 9.17) is 4.74 Å². The van der Waals surface area contributed by atoms with E-state index in [1.807, 2.05) is 0 Å². The lowest BCUT2D eigenvalue weighted by atomic mass is 10.1. The fraction of sp³-hybridized carbons (Fsp3) is 0.286. The lowest BCUT2D eigenvalue weighted by Crippen LogP contribution is -2.04. The molecule has 0 radical (unpaired) electrons. The molecule has 8 heteroatoms. The summed E-state index contributed by atoms with van der Waals surface area (Å²) in [7, 11) is 2.28. The summed E-state index contributed by atoms with van der Waals surface area (Å²) in [6.07, 6.45) is -4.14. The van der Waals surface area contributed by atoms with E-state index in [1.54, 1.807) is 6.92 Å². The standard InChI is InChI=1S/C14H13F3NO2PS/c1-8-11(6-20-12(19)7-21)22-13(18-8)9-2-4-10(5-3-9)14(15,16)17/h2-5H,6-7,21H2,1H3. The van der Waals surface area contributed by atoms with Crippen LogP contribution < -0.4 is 0 Å². The van der Waals surface area contributed by atoms with E-state index >= 15 is 0 Å². The number of ether oxygens (including phenoxy) is 1. The smallest absolute Gasteiger partial charge is 0.416 e. The molecule has 1 aromatic carbocycles. The Kier molecular flexibility index (Phi) is 5.19. The van der Waals surface area contributed by atoms with Gasteiger partial charge in [0.1, 0.15) is 11.6 Å². The summed E-state index contributed by atoms with van der Waals surface area (Å²) in [5.41, 5.74) is 0.611. The van der Waals surface area contributed by atoms with Gasteiger partial charge in [0.25, 0.3) is 0 Å². The van der Waals surface area contributed by atoms with Crippen molar-refractivity contribution in [3.05, 3.63) is 40.4 Å². The lowest BCUT2D eigenvalue weighted by molar-refractivity contribution is -0.141. The van der Waals surface area contributed by atoms with Crippen LogP contribution in [-0.4, -0.2) is 17.1 Å². The summed E-state index contributed by atoms with van der Waals surface area (Å²) < 4.78 is 42.6. The van der Waals surface area contributed by atoms with E-state index in [2.05, 4.69) is 14.2 Å². The molecule has 0 saturated carbocycles. The molecule has 0 amide bonds. The Balaban J connectivity index is 2.18. The molecule has 2 rings (SSSR count). The first-order chi connectivity index (χ1) is 10.3. The number of aryl methyl sites for hydroxylation is 1. The molecule has 1 heterocycles. The van der Waals surface area contributed by atoms with E-state index in [-0.39, 0.29) is 18.7 Å². The number of nitrogens with zero attached hydrogens (tertiary/aromatic N) is 1. The van der Waals surface area contributed by atoms with Gasteiger partial charge < -0.3 is 4.74 Å². The van der Waals surface area contributed by atoms with Crippen LogP contribution >= 0.6 is 20.6 Å². The first kappa shape index (κ1) is 16.9. The van der Waals surface area contributed by atoms with Crippen molar-refractivity contribution in [2.24, 2.45) is 0 Å². The summed E-state index contributed by atoms with van der Waals surface area (Å²) in [5.74, 6) is -0.339. The number of thiazole rings is 1. The summed E-state index contributed by atoms with van der Waals surface area (Å²) in [4.78, 5) is 16.2. The van der Waals surface area contributed by atoms with Gasteiger partial charge >= 0.3 is 12.1 Å². The zero-order valence-electron chi connectivity index (χ0n) is 11.6. The van der Waals surface area contributed by atoms with Crippen LogP contribution in [0.15, 0.2) is 24.3 Å². The predicted octanol–water partition coefficient (Wildman–Crippen LogP) is 4.06. The highest BCUT2D eigenvalue weighted by molar-refractivity contribution is 7.18. The summed E-state index contributed by atoms with van der Waals surface area (Å²) in [6, 6.07) is 4.83. The Hall–Kier alpha value is -1.46. The van der Waals surface area contributed by atoms with Crippen molar-refractivity contribution >= 4 is 26.5 Å². The SMILES string of the molecule is Cc1nc(-c2ccc(C(F)(F)F)cc2)sc1COC(=O)CP. The topological polar surface area (TPSA) is 39.2 Å². The number of esters is 1. The Labute approximate surface area is 131 Å². The minimum Gasteiger partial charge on any atom is -0.460 e. The highest BCUT2D eigenvalue weighted by atomic mass is 32.1. The van der Waals surface area contributed by atoms with Crippen molar-refractivity contribution in [2.45, 2.75) is 19.7 Å². The molecule has 22 heavy (non-hydrogen) atoms. The number of halogens is 3. The monoisotopic (exact) mass is 347 g/mol. The van der Waals surface area contributed by atoms with Crippen LogP contribution in [0.2, 0.25) is 0 Å². The van der Waals surface area contributed by atoms with Crippen LogP contribution in [0.1, 0.15) is 16.1 Å². The Morgan fingerprint density at radius 3 is 2.50 bits per heavy atom. The number of aromatic nitrogens is 1. The molecule has 0 aliphatic carbocycles. The van der Waals surface area contributed by atoms with E-state index in [9.17, 15) is 18.0 Å². The quantitative estimate of drug-likeness (QED) is 0.619. The summed E-state index contributed by atoms with van der Waals surface area (Å²) >= 11 is 1.30. The van der Waals surface area contributed by atoms with Crippen molar-refractivity contribution in [1.29, 1.82) is 0 Å². The third-order valence-corrected chi connectivity index (χ3v) is 4.40. The number of alkyl halides is 3. The van der Waals surface area contributed by atoms with Crippen LogP contribution in [0, 0.1) is 6.92 Å². The van der Waals surface area contributed by atoms with Crippen molar-refractivity contribution in [3.8, 4) is 10.6 Å². The highest BCUT2D eigenvalue weighted by Crippen LogP contribution is 2.33. The van der Waals surface area contributed by atoms with Crippen molar-refractivity contribution in [1.82, 2.24) is 4.98 Å². The summed E-state index contributed by atoms with van der Waals surface area (Å²) in [6.45, 7) is 1.89. The summed E-state index contributed by atoms with van der Waals surface area (Å²) in [5, 5.41) is 0.600. The maximum atomic E-state index is 12.5. The second kappa shape index (κ2) is 6.75. The third-order valence-electron chi connectivity index (χ3n) is 2.88. The molecule has 1 atom stereocenters. The van der Waals surface area contributed by atoms with Crippen LogP contribution in [0.5, 0.6) is 0 Å². The average Bonchev–Trinajstić information content (AvgIpc) is 2.85. The molecule has 0 bridgehead atoms. The van der Waals surface area contributed by atoms with E-state index in [0.717, 1.165) is 17.0 Å². The molecule has 1 aromatic heterocycles. The first-order valence-electron chi connectivity index (χ1n) is 6.31. The second-order valence-electron chi connectivity index (χ2n) is 4.47. The zero-order valence-corrected chi connectivity index (χ0v) is 13.6. The van der Waals surface area contributed by atoms with Gasteiger partial charge in [-0.25, -0.2) is 4.98 Å². The largest absolute Gasteiger partial charge is 0.460 e. The van der Waals surface area contributed by atoms with Gasteiger partial charge in [-0.1, -0.05) is 12.1 Å². The predicted molar refractivity (Wildman–Crippen MR) is 81.7 cm³/mol. The number of rotatable bonds is 4. The van der Waals surface area contributed by atoms with Crippen LogP contribution in [0.25, 0.3) is 10.6 Å². The minimum absolute atomic E-state index is 0.122. The maximum absolute atomic E-state index is 12.5. The Morgan fingerprint density at radius 2 is 1.95 bits per heavy atom. The van der Waals surface area contributed by atoms with E-state index in [0.29, 0.717) is 16.3 Å². The van der Waals surface area contributed by atoms with E-state index < -0.39 is 11.7 Å². The number of carbonyl (C=O) groups excluding carboxylic acids is 1. The van der Waals surface area contributed by atoms with Crippen LogP contribution in [0.3, 0.4) is 0 Å². The normalized spacial score (nSPS) is 11.5. The molecule has 0 aliphatic heterocycles. The molecular weight excluding hydrogens is 334 g/mol. The van der Waals surface area contributed by atoms with Crippen LogP contribution in [0.4, 0.5) is 13.2 Å². The second-order valence-corrected chi connectivity index (χ2v) is 5.96. The number of hydrogen-bond acceptors (Lipinski definition) is 4. The molecule has 3 nitrogen and oxygen atoms in total. The Morgan fingerprint density at radius 1 is 1.32 bits per heavy atom. The molecule has 0 fully saturated rings. The average molecular weight is 347 g/mol. The van der Waals surface area contributed by atoms with Crippen LogP contribution in [-0.2, 0) is 22.3 Å². The molecular formula is C14H13F3NO2PS. The maximum Gasteiger partial charge on any atom is 0.416 e. The van der Waals surface area contributed by atoms with Gasteiger partial charge in [0, 0.05) is 5.56 Å². The van der Waals surface area contributed by atoms with Gasteiger partial charge in [-0.3, -0.25) is 4.79 Å². The third kappa shape index (κ3) is 4.05. The fourth-order valence-corrected chi connectivity index (χ4v) is 2.79. The van der Waals surface area contributed by atoms with Crippen molar-refractivity contribution < 1.29 is 22.7 Å². The number of hydrogen-bond donors (Lipinski definition) is 0. The first-order valence-corrected chi connectivity index (χ1v) is 7.94. The van der Waals surface area contributed by atoms with Gasteiger partial charge in [-0.05, 0) is 19.1 Å². The zero-order chi connectivity index (χ0) is 16.3. The molecule has 118 valence electrons. The molecule has 0 saturated heterocycles. The van der Waals surface area contributed by atoms with Gasteiger partial charge in [0.2, 0.25) is 0 Å². The molecule has 1 unspecified atom stereocenters. The van der Waals surface area contributed by atoms with Crippen molar-refractivity contribution in [2.75, 3.05) is 6.16 Å². The van der Waals surface area contributed by atoms with Gasteiger partial charge in [-0.2, -0.15) is 13.2 Å². The minimum atomic E-state index is -4.35. The van der Waals surface area contributed by atoms with E-state index in [1.165, 1.54) is 23.5 Å². The number of carbonyl (C=O) groups is 1. The fourth-order valence-electron chi connectivity index (χ4n) is 1.69. The Bertz CT molecular complexity index is 668.